The van der Waals surface area contributed by atoms with E-state index >= 15 is 0 Å². The summed E-state index contributed by atoms with van der Waals surface area (Å²) in [4.78, 5) is 27.2. The molecule has 0 bridgehead atoms. The number of aromatic nitrogens is 3. The van der Waals surface area contributed by atoms with Gasteiger partial charge in [0, 0.05) is 32.1 Å². The van der Waals surface area contributed by atoms with Gasteiger partial charge in [-0.2, -0.15) is 0 Å². The maximum atomic E-state index is 11.8. The lowest BCUT2D eigenvalue weighted by Crippen LogP contribution is -2.27. The molecule has 0 aliphatic heterocycles. The first-order valence-corrected chi connectivity index (χ1v) is 5.06. The standard InChI is InChI=1S/C10H12N4O3/c1-17-5-4-12-10(16)7-6-13-14-8(15)2-3-11-9(7)14/h2-3,6,13H,4-5H2,1H3,(H,12,16). The molecule has 7 nitrogen and oxygen atoms in total. The van der Waals surface area contributed by atoms with Gasteiger partial charge in [-0.1, -0.05) is 0 Å². The second kappa shape index (κ2) is 4.79. The zero-order valence-corrected chi connectivity index (χ0v) is 9.27. The average molecular weight is 236 g/mol. The van der Waals surface area contributed by atoms with Crippen molar-refractivity contribution in [1.82, 2.24) is 19.9 Å². The minimum absolute atomic E-state index is 0.258. The highest BCUT2D eigenvalue weighted by atomic mass is 16.5. The smallest absolute Gasteiger partial charge is 0.272 e. The molecule has 2 rings (SSSR count). The van der Waals surface area contributed by atoms with Crippen molar-refractivity contribution < 1.29 is 9.53 Å². The van der Waals surface area contributed by atoms with Crippen LogP contribution in [0.1, 0.15) is 10.4 Å². The lowest BCUT2D eigenvalue weighted by Gasteiger charge is -2.02. The van der Waals surface area contributed by atoms with Crippen molar-refractivity contribution in [3.8, 4) is 0 Å². The Bertz CT molecular complexity index is 586. The fourth-order valence-corrected chi connectivity index (χ4v) is 1.45. The van der Waals surface area contributed by atoms with E-state index in [4.69, 9.17) is 4.74 Å². The van der Waals surface area contributed by atoms with E-state index in [1.165, 1.54) is 23.0 Å². The van der Waals surface area contributed by atoms with Gasteiger partial charge in [-0.05, 0) is 0 Å². The van der Waals surface area contributed by atoms with E-state index in [-0.39, 0.29) is 11.5 Å². The van der Waals surface area contributed by atoms with Crippen LogP contribution in [0.5, 0.6) is 0 Å². The predicted octanol–water partition coefficient (Wildman–Crippen LogP) is -0.601. The van der Waals surface area contributed by atoms with Crippen LogP contribution in [-0.2, 0) is 4.74 Å². The minimum Gasteiger partial charge on any atom is -0.383 e. The van der Waals surface area contributed by atoms with Gasteiger partial charge in [0.05, 0.1) is 6.61 Å². The molecule has 0 fully saturated rings. The summed E-state index contributed by atoms with van der Waals surface area (Å²) in [6, 6.07) is 1.32. The Balaban J connectivity index is 2.27. The van der Waals surface area contributed by atoms with E-state index in [1.807, 2.05) is 0 Å². The molecule has 17 heavy (non-hydrogen) atoms. The predicted molar refractivity (Wildman–Crippen MR) is 60.0 cm³/mol. The summed E-state index contributed by atoms with van der Waals surface area (Å²) >= 11 is 0. The Morgan fingerprint density at radius 1 is 1.65 bits per heavy atom. The molecule has 2 heterocycles. The van der Waals surface area contributed by atoms with Gasteiger partial charge >= 0.3 is 0 Å². The van der Waals surface area contributed by atoms with Gasteiger partial charge in [0.1, 0.15) is 5.56 Å². The molecule has 0 saturated heterocycles. The number of fused-ring (bicyclic) bond motifs is 1. The first-order valence-electron chi connectivity index (χ1n) is 5.06. The number of carbonyl (C=O) groups excluding carboxylic acids is 1. The molecule has 0 atom stereocenters. The third-order valence-corrected chi connectivity index (χ3v) is 2.26. The van der Waals surface area contributed by atoms with Crippen molar-refractivity contribution in [2.75, 3.05) is 20.3 Å². The average Bonchev–Trinajstić information content (AvgIpc) is 2.74. The third kappa shape index (κ3) is 2.18. The molecule has 0 aliphatic rings. The lowest BCUT2D eigenvalue weighted by atomic mass is 10.3. The van der Waals surface area contributed by atoms with E-state index in [1.54, 1.807) is 7.11 Å². The number of H-pyrrole nitrogens is 1. The van der Waals surface area contributed by atoms with Gasteiger partial charge in [0.15, 0.2) is 5.65 Å². The molecule has 0 radical (unpaired) electrons. The molecule has 2 aromatic rings. The highest BCUT2D eigenvalue weighted by molar-refractivity contribution is 5.99. The zero-order valence-electron chi connectivity index (χ0n) is 9.27. The van der Waals surface area contributed by atoms with Gasteiger partial charge < -0.3 is 10.1 Å². The van der Waals surface area contributed by atoms with Crippen LogP contribution in [0.3, 0.4) is 0 Å². The Morgan fingerprint density at radius 3 is 3.24 bits per heavy atom. The van der Waals surface area contributed by atoms with Crippen LogP contribution in [0, 0.1) is 0 Å². The van der Waals surface area contributed by atoms with Crippen molar-refractivity contribution in [2.45, 2.75) is 0 Å². The van der Waals surface area contributed by atoms with Crippen molar-refractivity contribution in [3.63, 3.8) is 0 Å². The molecule has 0 aliphatic carbocycles. The Morgan fingerprint density at radius 2 is 2.47 bits per heavy atom. The number of methoxy groups -OCH3 is 1. The third-order valence-electron chi connectivity index (χ3n) is 2.26. The molecule has 90 valence electrons. The number of aromatic amines is 1. The molecule has 1 amide bonds. The first-order chi connectivity index (χ1) is 8.24. The van der Waals surface area contributed by atoms with E-state index in [0.29, 0.717) is 24.4 Å². The van der Waals surface area contributed by atoms with Crippen molar-refractivity contribution in [2.24, 2.45) is 0 Å². The molecule has 2 N–H and O–H groups in total. The summed E-state index contributed by atoms with van der Waals surface area (Å²) in [7, 11) is 1.55. The summed E-state index contributed by atoms with van der Waals surface area (Å²) in [5, 5.41) is 5.34. The molecular weight excluding hydrogens is 224 g/mol. The van der Waals surface area contributed by atoms with Gasteiger partial charge in [-0.25, -0.2) is 9.50 Å². The summed E-state index contributed by atoms with van der Waals surface area (Å²) in [5.74, 6) is -0.293. The first kappa shape index (κ1) is 11.3. The molecule has 0 aromatic carbocycles. The second-order valence-electron chi connectivity index (χ2n) is 3.38. The summed E-state index contributed by atoms with van der Waals surface area (Å²) in [5.41, 5.74) is 0.386. The van der Waals surface area contributed by atoms with Gasteiger partial charge in [-0.15, -0.1) is 0 Å². The van der Waals surface area contributed by atoms with Crippen LogP contribution in [0.25, 0.3) is 5.65 Å². The van der Waals surface area contributed by atoms with E-state index in [2.05, 4.69) is 15.4 Å². The van der Waals surface area contributed by atoms with Crippen LogP contribution in [-0.4, -0.2) is 40.8 Å². The highest BCUT2D eigenvalue weighted by Crippen LogP contribution is 2.04. The highest BCUT2D eigenvalue weighted by Gasteiger charge is 2.13. The number of nitrogens with one attached hydrogen (secondary N) is 2. The van der Waals surface area contributed by atoms with Crippen LogP contribution in [0.15, 0.2) is 23.3 Å². The van der Waals surface area contributed by atoms with Gasteiger partial charge in [-0.3, -0.25) is 14.7 Å². The zero-order chi connectivity index (χ0) is 12.3. The van der Waals surface area contributed by atoms with Crippen LogP contribution >= 0.6 is 0 Å². The molecule has 0 saturated carbocycles. The van der Waals surface area contributed by atoms with Crippen LogP contribution < -0.4 is 10.9 Å². The largest absolute Gasteiger partial charge is 0.383 e. The number of hydrogen-bond donors (Lipinski definition) is 2. The fourth-order valence-electron chi connectivity index (χ4n) is 1.45. The maximum Gasteiger partial charge on any atom is 0.272 e. The molecular formula is C10H12N4O3. The fraction of sp³-hybridized carbons (Fsp3) is 0.300. The van der Waals surface area contributed by atoms with E-state index < -0.39 is 0 Å². The Kier molecular flexibility index (Phi) is 3.20. The van der Waals surface area contributed by atoms with E-state index in [0.717, 1.165) is 0 Å². The van der Waals surface area contributed by atoms with Gasteiger partial charge in [0.25, 0.3) is 11.5 Å². The quantitative estimate of drug-likeness (QED) is 0.694. The maximum absolute atomic E-state index is 11.8. The summed E-state index contributed by atoms with van der Waals surface area (Å²) in [6.45, 7) is 0.839. The lowest BCUT2D eigenvalue weighted by molar-refractivity contribution is 0.0938. The van der Waals surface area contributed by atoms with Gasteiger partial charge in [0.2, 0.25) is 0 Å². The molecule has 0 spiro atoms. The number of rotatable bonds is 4. The second-order valence-corrected chi connectivity index (χ2v) is 3.38. The number of nitrogens with zero attached hydrogens (tertiary/aromatic N) is 2. The minimum atomic E-state index is -0.293. The Labute approximate surface area is 96.4 Å². The summed E-state index contributed by atoms with van der Waals surface area (Å²) in [6.07, 6.45) is 2.82. The number of amides is 1. The number of ether oxygens (including phenoxy) is 1. The van der Waals surface area contributed by atoms with Crippen molar-refractivity contribution >= 4 is 11.6 Å². The number of hydrogen-bond acceptors (Lipinski definition) is 4. The van der Waals surface area contributed by atoms with Crippen LogP contribution in [0.2, 0.25) is 0 Å². The van der Waals surface area contributed by atoms with E-state index in [9.17, 15) is 9.59 Å². The Hall–Kier alpha value is -2.15. The summed E-state index contributed by atoms with van der Waals surface area (Å²) < 4.78 is 6.04. The van der Waals surface area contributed by atoms with Crippen molar-refractivity contribution in [3.05, 3.63) is 34.4 Å². The van der Waals surface area contributed by atoms with Crippen molar-refractivity contribution in [1.29, 1.82) is 0 Å². The SMILES string of the molecule is COCCNC(=O)c1c[nH]n2c(=O)ccnc12. The number of carbonyl (C=O) groups is 1. The normalized spacial score (nSPS) is 10.6. The molecule has 7 heteroatoms. The van der Waals surface area contributed by atoms with Crippen LogP contribution in [0.4, 0.5) is 0 Å². The topological polar surface area (TPSA) is 88.5 Å². The molecule has 2 aromatic heterocycles. The molecule has 0 unspecified atom stereocenters. The monoisotopic (exact) mass is 236 g/mol.